The molecule has 23 heavy (non-hydrogen) atoms. The van der Waals surface area contributed by atoms with Gasteiger partial charge in [-0.05, 0) is 23.3 Å². The summed E-state index contributed by atoms with van der Waals surface area (Å²) in [6.07, 6.45) is 1.10. The second kappa shape index (κ2) is 7.90. The number of aldehydes is 1. The van der Waals surface area contributed by atoms with Crippen LogP contribution in [0.1, 0.15) is 39.7 Å². The zero-order valence-corrected chi connectivity index (χ0v) is 12.8. The van der Waals surface area contributed by atoms with Gasteiger partial charge in [0.05, 0.1) is 24.7 Å². The average Bonchev–Trinajstić information content (AvgIpc) is 2.62. The number of benzene rings is 2. The van der Waals surface area contributed by atoms with Gasteiger partial charge in [0.1, 0.15) is 6.29 Å². The molecule has 0 aliphatic carbocycles. The molecule has 0 spiro atoms. The average molecular weight is 307 g/mol. The standard InChI is InChI=1S/C19H17NO3/c1-23-19(22)16-9-7-15(8-10-16)18(13-20)17(11-12-21)14-5-3-2-4-6-14/h2-10,12,17-18H,11H2,1H3/t17-,18-/m1/s1. The Morgan fingerprint density at radius 1 is 1.13 bits per heavy atom. The van der Waals surface area contributed by atoms with E-state index in [1.807, 2.05) is 30.3 Å². The van der Waals surface area contributed by atoms with Gasteiger partial charge in [-0.15, -0.1) is 0 Å². The van der Waals surface area contributed by atoms with Crippen molar-refractivity contribution in [2.75, 3.05) is 7.11 Å². The van der Waals surface area contributed by atoms with E-state index in [-0.39, 0.29) is 12.3 Å². The first kappa shape index (κ1) is 16.4. The molecular formula is C19H17NO3. The molecule has 0 saturated heterocycles. The van der Waals surface area contributed by atoms with E-state index in [9.17, 15) is 14.9 Å². The molecular weight excluding hydrogens is 290 g/mol. The fourth-order valence-corrected chi connectivity index (χ4v) is 2.61. The molecule has 0 N–H and O–H groups in total. The first-order valence-electron chi connectivity index (χ1n) is 7.27. The van der Waals surface area contributed by atoms with Gasteiger partial charge < -0.3 is 9.53 Å². The SMILES string of the molecule is COC(=O)c1ccc([C@@H](C#N)[C@H](CC=O)c2ccccc2)cc1. The highest BCUT2D eigenvalue weighted by molar-refractivity contribution is 5.89. The molecule has 0 saturated carbocycles. The van der Waals surface area contributed by atoms with Gasteiger partial charge in [0.25, 0.3) is 0 Å². The Kier molecular flexibility index (Phi) is 5.65. The van der Waals surface area contributed by atoms with Crippen LogP contribution in [0.5, 0.6) is 0 Å². The van der Waals surface area contributed by atoms with Crippen molar-refractivity contribution < 1.29 is 14.3 Å². The van der Waals surface area contributed by atoms with Crippen LogP contribution >= 0.6 is 0 Å². The van der Waals surface area contributed by atoms with Crippen LogP contribution in [0.3, 0.4) is 0 Å². The number of rotatable bonds is 6. The van der Waals surface area contributed by atoms with Gasteiger partial charge in [-0.3, -0.25) is 0 Å². The van der Waals surface area contributed by atoms with Crippen molar-refractivity contribution in [3.05, 3.63) is 71.3 Å². The number of methoxy groups -OCH3 is 1. The third kappa shape index (κ3) is 3.83. The Morgan fingerprint density at radius 3 is 2.30 bits per heavy atom. The minimum atomic E-state index is -0.464. The van der Waals surface area contributed by atoms with Crippen molar-refractivity contribution >= 4 is 12.3 Å². The molecule has 0 unspecified atom stereocenters. The van der Waals surface area contributed by atoms with Gasteiger partial charge in [0.15, 0.2) is 0 Å². The van der Waals surface area contributed by atoms with Crippen LogP contribution in [0.4, 0.5) is 0 Å². The van der Waals surface area contributed by atoms with E-state index in [0.717, 1.165) is 17.4 Å². The first-order chi connectivity index (χ1) is 11.2. The molecule has 0 aliphatic rings. The summed E-state index contributed by atoms with van der Waals surface area (Å²) in [5.74, 6) is -1.10. The van der Waals surface area contributed by atoms with Gasteiger partial charge in [0, 0.05) is 12.3 Å². The van der Waals surface area contributed by atoms with Crippen LogP contribution in [-0.4, -0.2) is 19.4 Å². The predicted molar refractivity (Wildman–Crippen MR) is 86.0 cm³/mol. The Labute approximate surface area is 135 Å². The largest absolute Gasteiger partial charge is 0.465 e. The number of nitriles is 1. The Morgan fingerprint density at radius 2 is 1.78 bits per heavy atom. The third-order valence-corrected chi connectivity index (χ3v) is 3.81. The van der Waals surface area contributed by atoms with E-state index in [1.54, 1.807) is 24.3 Å². The smallest absolute Gasteiger partial charge is 0.337 e. The Balaban J connectivity index is 2.34. The summed E-state index contributed by atoms with van der Waals surface area (Å²) in [5.41, 5.74) is 2.15. The second-order valence-electron chi connectivity index (χ2n) is 5.14. The van der Waals surface area contributed by atoms with E-state index in [4.69, 9.17) is 0 Å². The molecule has 0 aliphatic heterocycles. The molecule has 2 aromatic rings. The minimum Gasteiger partial charge on any atom is -0.465 e. The highest BCUT2D eigenvalue weighted by atomic mass is 16.5. The topological polar surface area (TPSA) is 67.2 Å². The predicted octanol–water partition coefficient (Wildman–Crippen LogP) is 3.45. The number of ether oxygens (including phenoxy) is 1. The minimum absolute atomic E-state index is 0.220. The normalized spacial score (nSPS) is 12.7. The van der Waals surface area contributed by atoms with Crippen LogP contribution in [0.2, 0.25) is 0 Å². The van der Waals surface area contributed by atoms with Crippen molar-refractivity contribution in [3.8, 4) is 6.07 Å². The molecule has 0 fully saturated rings. The lowest BCUT2D eigenvalue weighted by molar-refractivity contribution is -0.108. The van der Waals surface area contributed by atoms with Crippen molar-refractivity contribution in [1.29, 1.82) is 5.26 Å². The fraction of sp³-hybridized carbons (Fsp3) is 0.211. The lowest BCUT2D eigenvalue weighted by atomic mass is 9.80. The van der Waals surface area contributed by atoms with E-state index >= 15 is 0 Å². The van der Waals surface area contributed by atoms with E-state index < -0.39 is 11.9 Å². The monoisotopic (exact) mass is 307 g/mol. The number of nitrogens with zero attached hydrogens (tertiary/aromatic N) is 1. The van der Waals surface area contributed by atoms with Crippen LogP contribution in [0.25, 0.3) is 0 Å². The number of hydrogen-bond acceptors (Lipinski definition) is 4. The molecule has 4 nitrogen and oxygen atoms in total. The number of carbonyl (C=O) groups is 2. The number of hydrogen-bond donors (Lipinski definition) is 0. The summed E-state index contributed by atoms with van der Waals surface area (Å²) < 4.78 is 4.67. The Hall–Kier alpha value is -2.93. The van der Waals surface area contributed by atoms with E-state index in [1.165, 1.54) is 7.11 Å². The molecule has 0 heterocycles. The molecule has 0 aromatic heterocycles. The van der Waals surface area contributed by atoms with Crippen molar-refractivity contribution in [2.24, 2.45) is 0 Å². The number of carbonyl (C=O) groups excluding carboxylic acids is 2. The van der Waals surface area contributed by atoms with Crippen molar-refractivity contribution in [3.63, 3.8) is 0 Å². The summed E-state index contributed by atoms with van der Waals surface area (Å²) in [5, 5.41) is 9.60. The van der Waals surface area contributed by atoms with Gasteiger partial charge in [-0.25, -0.2) is 4.79 Å². The quantitative estimate of drug-likeness (QED) is 0.605. The summed E-state index contributed by atoms with van der Waals surface area (Å²) in [7, 11) is 1.32. The second-order valence-corrected chi connectivity index (χ2v) is 5.14. The third-order valence-electron chi connectivity index (χ3n) is 3.81. The van der Waals surface area contributed by atoms with E-state index in [0.29, 0.717) is 5.56 Å². The molecule has 2 aromatic carbocycles. The summed E-state index contributed by atoms with van der Waals surface area (Å²) in [6, 6.07) is 18.5. The highest BCUT2D eigenvalue weighted by Gasteiger charge is 2.24. The number of esters is 1. The lowest BCUT2D eigenvalue weighted by Gasteiger charge is -2.21. The molecule has 4 heteroatoms. The first-order valence-corrected chi connectivity index (χ1v) is 7.27. The molecule has 116 valence electrons. The fourth-order valence-electron chi connectivity index (χ4n) is 2.61. The lowest BCUT2D eigenvalue weighted by Crippen LogP contribution is -2.11. The maximum atomic E-state index is 11.5. The molecule has 0 bridgehead atoms. The van der Waals surface area contributed by atoms with Crippen LogP contribution < -0.4 is 0 Å². The van der Waals surface area contributed by atoms with Gasteiger partial charge in [0.2, 0.25) is 0 Å². The maximum Gasteiger partial charge on any atom is 0.337 e. The van der Waals surface area contributed by atoms with Gasteiger partial charge in [-0.2, -0.15) is 5.26 Å². The van der Waals surface area contributed by atoms with E-state index in [2.05, 4.69) is 10.8 Å². The molecule has 2 rings (SSSR count). The van der Waals surface area contributed by atoms with Crippen LogP contribution in [-0.2, 0) is 9.53 Å². The summed E-state index contributed by atoms with van der Waals surface area (Å²) in [4.78, 5) is 22.5. The maximum absolute atomic E-state index is 11.5. The Bertz CT molecular complexity index is 702. The zero-order chi connectivity index (χ0) is 16.7. The molecule has 0 radical (unpaired) electrons. The van der Waals surface area contributed by atoms with Crippen molar-refractivity contribution in [1.82, 2.24) is 0 Å². The zero-order valence-electron chi connectivity index (χ0n) is 12.8. The molecule has 0 amide bonds. The van der Waals surface area contributed by atoms with Crippen LogP contribution in [0, 0.1) is 11.3 Å². The highest BCUT2D eigenvalue weighted by Crippen LogP contribution is 2.34. The summed E-state index contributed by atoms with van der Waals surface area (Å²) >= 11 is 0. The van der Waals surface area contributed by atoms with Crippen molar-refractivity contribution in [2.45, 2.75) is 18.3 Å². The summed E-state index contributed by atoms with van der Waals surface area (Å²) in [6.45, 7) is 0. The molecule has 2 atom stereocenters. The van der Waals surface area contributed by atoms with Gasteiger partial charge in [-0.1, -0.05) is 42.5 Å². The van der Waals surface area contributed by atoms with Crippen LogP contribution in [0.15, 0.2) is 54.6 Å². The van der Waals surface area contributed by atoms with Gasteiger partial charge >= 0.3 is 5.97 Å².